The number of hydrogen-bond acceptors (Lipinski definition) is 4. The molecule has 31 heavy (non-hydrogen) atoms. The number of carbonyl (C=O) groups excluding carboxylic acids is 1. The molecule has 1 aromatic carbocycles. The Kier molecular flexibility index (Phi) is 7.44. The highest BCUT2D eigenvalue weighted by molar-refractivity contribution is 6.31. The number of aromatic amines is 1. The Balaban J connectivity index is 1.86. The van der Waals surface area contributed by atoms with Crippen molar-refractivity contribution in [2.45, 2.75) is 66.2 Å². The van der Waals surface area contributed by atoms with E-state index in [9.17, 15) is 9.59 Å². The number of anilines is 1. The number of aromatic nitrogens is 1. The number of ether oxygens (including phenoxy) is 1. The minimum absolute atomic E-state index is 0.163. The van der Waals surface area contributed by atoms with Gasteiger partial charge < -0.3 is 19.9 Å². The number of nitrogens with one attached hydrogen (secondary N) is 2. The molecule has 3 rings (SSSR count). The van der Waals surface area contributed by atoms with Gasteiger partial charge in [0.1, 0.15) is 0 Å². The molecule has 2 N–H and O–H groups in total. The van der Waals surface area contributed by atoms with Crippen molar-refractivity contribution in [3.05, 3.63) is 61.5 Å². The maximum absolute atomic E-state index is 13.1. The molecule has 1 fully saturated rings. The summed E-state index contributed by atoms with van der Waals surface area (Å²) in [5.74, 6) is -0.239. The Morgan fingerprint density at radius 2 is 2.03 bits per heavy atom. The van der Waals surface area contributed by atoms with Gasteiger partial charge in [-0.1, -0.05) is 11.6 Å². The van der Waals surface area contributed by atoms with Crippen LogP contribution < -0.4 is 15.8 Å². The monoisotopic (exact) mass is 445 g/mol. The molecule has 0 unspecified atom stereocenters. The highest BCUT2D eigenvalue weighted by atomic mass is 35.5. The van der Waals surface area contributed by atoms with Gasteiger partial charge >= 0.3 is 0 Å². The van der Waals surface area contributed by atoms with Crippen LogP contribution in [0.4, 0.5) is 5.69 Å². The normalized spacial score (nSPS) is 18.6. The summed E-state index contributed by atoms with van der Waals surface area (Å²) in [6.07, 6.45) is 2.10. The Morgan fingerprint density at radius 3 is 2.68 bits per heavy atom. The molecule has 1 aromatic heterocycles. The molecule has 168 valence electrons. The molecular formula is C24H32ClN3O3. The third-order valence-corrected chi connectivity index (χ3v) is 6.28. The first-order valence-electron chi connectivity index (χ1n) is 10.9. The van der Waals surface area contributed by atoms with Crippen molar-refractivity contribution in [2.75, 3.05) is 18.1 Å². The fourth-order valence-electron chi connectivity index (χ4n) is 4.45. The summed E-state index contributed by atoms with van der Waals surface area (Å²) in [6.45, 7) is 11.6. The van der Waals surface area contributed by atoms with E-state index in [1.807, 2.05) is 32.9 Å². The number of halogens is 1. The van der Waals surface area contributed by atoms with Crippen molar-refractivity contribution >= 4 is 23.2 Å². The summed E-state index contributed by atoms with van der Waals surface area (Å²) in [7, 11) is 0. The largest absolute Gasteiger partial charge is 0.378 e. The number of amides is 1. The number of benzene rings is 1. The lowest BCUT2D eigenvalue weighted by Crippen LogP contribution is -2.42. The second-order valence-electron chi connectivity index (χ2n) is 8.37. The van der Waals surface area contributed by atoms with Gasteiger partial charge in [-0.25, -0.2) is 0 Å². The van der Waals surface area contributed by atoms with Crippen molar-refractivity contribution in [1.82, 2.24) is 10.3 Å². The van der Waals surface area contributed by atoms with Crippen LogP contribution in [0.2, 0.25) is 5.02 Å². The van der Waals surface area contributed by atoms with Gasteiger partial charge in [0.2, 0.25) is 0 Å². The SMILES string of the molecule is CCN(c1cc(Cl)cc(C(=O)NCc2c(C)cc(C)[nH]c2=O)c1C)[C@H]1CCO[C@H](C)C1. The van der Waals surface area contributed by atoms with Crippen LogP contribution in [0, 0.1) is 20.8 Å². The van der Waals surface area contributed by atoms with Gasteiger partial charge in [0.05, 0.1) is 6.10 Å². The van der Waals surface area contributed by atoms with E-state index in [2.05, 4.69) is 29.0 Å². The number of aryl methyl sites for hydroxylation is 2. The molecule has 2 heterocycles. The van der Waals surface area contributed by atoms with Gasteiger partial charge in [0.15, 0.2) is 0 Å². The topological polar surface area (TPSA) is 74.4 Å². The molecule has 7 heteroatoms. The van der Waals surface area contributed by atoms with E-state index in [0.717, 1.165) is 48.5 Å². The summed E-state index contributed by atoms with van der Waals surface area (Å²) in [4.78, 5) is 30.4. The highest BCUT2D eigenvalue weighted by Crippen LogP contribution is 2.32. The fraction of sp³-hybridized carbons (Fsp3) is 0.500. The smallest absolute Gasteiger partial charge is 0.253 e. The Hall–Kier alpha value is -2.31. The minimum Gasteiger partial charge on any atom is -0.378 e. The number of rotatable bonds is 6. The van der Waals surface area contributed by atoms with Crippen molar-refractivity contribution in [1.29, 1.82) is 0 Å². The highest BCUT2D eigenvalue weighted by Gasteiger charge is 2.27. The number of pyridine rings is 1. The standard InChI is InChI=1S/C24H32ClN3O3/c1-6-28(19-7-8-31-16(4)10-19)22-12-18(25)11-20(17(22)5)23(29)26-13-21-14(2)9-15(3)27-24(21)30/h9,11-12,16,19H,6-8,10,13H2,1-5H3,(H,26,29)(H,27,30)/t16-,19+/m1/s1. The molecule has 1 aliphatic heterocycles. The lowest BCUT2D eigenvalue weighted by molar-refractivity contribution is 0.0186. The summed E-state index contributed by atoms with van der Waals surface area (Å²) in [6, 6.07) is 5.88. The molecule has 1 aliphatic rings. The molecule has 0 saturated carbocycles. The molecule has 2 atom stereocenters. The predicted octanol–water partition coefficient (Wildman–Crippen LogP) is 4.28. The first-order valence-corrected chi connectivity index (χ1v) is 11.2. The zero-order valence-electron chi connectivity index (χ0n) is 19.0. The summed E-state index contributed by atoms with van der Waals surface area (Å²) in [5.41, 5.74) is 4.44. The maximum atomic E-state index is 13.1. The first kappa shape index (κ1) is 23.4. The zero-order valence-corrected chi connectivity index (χ0v) is 19.7. The molecule has 0 bridgehead atoms. The second-order valence-corrected chi connectivity index (χ2v) is 8.81. The molecule has 2 aromatic rings. The number of hydrogen-bond donors (Lipinski definition) is 2. The molecular weight excluding hydrogens is 414 g/mol. The van der Waals surface area contributed by atoms with Crippen LogP contribution in [0.25, 0.3) is 0 Å². The van der Waals surface area contributed by atoms with Crippen LogP contribution in [-0.4, -0.2) is 36.2 Å². The van der Waals surface area contributed by atoms with E-state index in [0.29, 0.717) is 22.2 Å². The van der Waals surface area contributed by atoms with Crippen molar-refractivity contribution in [3.8, 4) is 0 Å². The van der Waals surface area contributed by atoms with Gasteiger partial charge in [-0.2, -0.15) is 0 Å². The Bertz CT molecular complexity index is 1020. The number of carbonyl (C=O) groups is 1. The zero-order chi connectivity index (χ0) is 22.7. The van der Waals surface area contributed by atoms with E-state index in [-0.39, 0.29) is 24.1 Å². The van der Waals surface area contributed by atoms with Gasteiger partial charge in [-0.15, -0.1) is 0 Å². The van der Waals surface area contributed by atoms with Crippen LogP contribution in [0.15, 0.2) is 23.0 Å². The van der Waals surface area contributed by atoms with Gasteiger partial charge in [-0.3, -0.25) is 9.59 Å². The lowest BCUT2D eigenvalue weighted by Gasteiger charge is -2.38. The lowest BCUT2D eigenvalue weighted by atomic mass is 9.98. The first-order chi connectivity index (χ1) is 14.7. The second kappa shape index (κ2) is 9.88. The fourth-order valence-corrected chi connectivity index (χ4v) is 4.66. The summed E-state index contributed by atoms with van der Waals surface area (Å²) >= 11 is 6.43. The van der Waals surface area contributed by atoms with Crippen molar-refractivity contribution < 1.29 is 9.53 Å². The van der Waals surface area contributed by atoms with E-state index >= 15 is 0 Å². The minimum atomic E-state index is -0.239. The van der Waals surface area contributed by atoms with Crippen LogP contribution >= 0.6 is 11.6 Å². The summed E-state index contributed by atoms with van der Waals surface area (Å²) < 4.78 is 5.71. The Morgan fingerprint density at radius 1 is 1.29 bits per heavy atom. The molecule has 0 aliphatic carbocycles. The van der Waals surface area contributed by atoms with Crippen LogP contribution in [0.1, 0.15) is 59.4 Å². The maximum Gasteiger partial charge on any atom is 0.253 e. The van der Waals surface area contributed by atoms with Gasteiger partial charge in [0.25, 0.3) is 11.5 Å². The molecule has 0 spiro atoms. The van der Waals surface area contributed by atoms with Crippen LogP contribution in [-0.2, 0) is 11.3 Å². The van der Waals surface area contributed by atoms with E-state index in [1.165, 1.54) is 0 Å². The average Bonchev–Trinajstić information content (AvgIpc) is 2.70. The van der Waals surface area contributed by atoms with Crippen molar-refractivity contribution in [3.63, 3.8) is 0 Å². The van der Waals surface area contributed by atoms with Crippen LogP contribution in [0.5, 0.6) is 0 Å². The molecule has 1 saturated heterocycles. The molecule has 1 amide bonds. The third-order valence-electron chi connectivity index (χ3n) is 6.06. The number of nitrogens with zero attached hydrogens (tertiary/aromatic N) is 1. The van der Waals surface area contributed by atoms with Crippen LogP contribution in [0.3, 0.4) is 0 Å². The molecule has 6 nitrogen and oxygen atoms in total. The van der Waals surface area contributed by atoms with E-state index < -0.39 is 0 Å². The quantitative estimate of drug-likeness (QED) is 0.696. The van der Waals surface area contributed by atoms with Gasteiger partial charge in [-0.05, 0) is 76.8 Å². The summed E-state index contributed by atoms with van der Waals surface area (Å²) in [5, 5.41) is 3.42. The van der Waals surface area contributed by atoms with E-state index in [4.69, 9.17) is 16.3 Å². The van der Waals surface area contributed by atoms with Crippen molar-refractivity contribution in [2.24, 2.45) is 0 Å². The van der Waals surface area contributed by atoms with Gasteiger partial charge in [0, 0.05) is 53.3 Å². The predicted molar refractivity (Wildman–Crippen MR) is 125 cm³/mol. The van der Waals surface area contributed by atoms with E-state index in [1.54, 1.807) is 6.07 Å². The number of H-pyrrole nitrogens is 1. The molecule has 0 radical (unpaired) electrons. The third kappa shape index (κ3) is 5.31. The Labute approximate surface area is 188 Å². The average molecular weight is 446 g/mol.